The van der Waals surface area contributed by atoms with Crippen LogP contribution in [0.15, 0.2) is 53.0 Å². The molecule has 0 aliphatic heterocycles. The Hall–Kier alpha value is -2.34. The van der Waals surface area contributed by atoms with Gasteiger partial charge in [-0.3, -0.25) is 20.4 Å². The van der Waals surface area contributed by atoms with Crippen LogP contribution in [0.3, 0.4) is 0 Å². The molecule has 0 fully saturated rings. The van der Waals surface area contributed by atoms with Gasteiger partial charge in [0.1, 0.15) is 5.75 Å². The first-order valence-corrected chi connectivity index (χ1v) is 9.44. The van der Waals surface area contributed by atoms with Gasteiger partial charge in [0.15, 0.2) is 6.10 Å². The van der Waals surface area contributed by atoms with Crippen LogP contribution in [0.1, 0.15) is 42.6 Å². The van der Waals surface area contributed by atoms with Gasteiger partial charge in [-0.2, -0.15) is 0 Å². The van der Waals surface area contributed by atoms with Crippen LogP contribution in [0.2, 0.25) is 0 Å². The number of ether oxygens (including phenoxy) is 1. The van der Waals surface area contributed by atoms with Gasteiger partial charge < -0.3 is 4.74 Å². The van der Waals surface area contributed by atoms with E-state index in [0.717, 1.165) is 22.9 Å². The third-order valence-electron chi connectivity index (χ3n) is 3.86. The van der Waals surface area contributed by atoms with E-state index in [1.165, 1.54) is 0 Å². The zero-order valence-corrected chi connectivity index (χ0v) is 16.5. The summed E-state index contributed by atoms with van der Waals surface area (Å²) < 4.78 is 6.69. The molecule has 2 amide bonds. The third-order valence-corrected chi connectivity index (χ3v) is 4.39. The summed E-state index contributed by atoms with van der Waals surface area (Å²) in [4.78, 5) is 24.5. The molecular weight excluding hydrogens is 396 g/mol. The van der Waals surface area contributed by atoms with Crippen LogP contribution in [-0.2, 0) is 11.2 Å². The lowest BCUT2D eigenvalue weighted by Crippen LogP contribution is -2.48. The van der Waals surface area contributed by atoms with Gasteiger partial charge in [-0.25, -0.2) is 0 Å². The maximum absolute atomic E-state index is 12.4. The average molecular weight is 419 g/mol. The van der Waals surface area contributed by atoms with Gasteiger partial charge in [0.05, 0.1) is 0 Å². The first-order valence-electron chi connectivity index (χ1n) is 8.64. The normalized spacial score (nSPS) is 11.5. The summed E-state index contributed by atoms with van der Waals surface area (Å²) in [6.45, 7) is 4.02. The molecule has 0 aliphatic carbocycles. The minimum Gasteiger partial charge on any atom is -0.481 e. The zero-order chi connectivity index (χ0) is 18.9. The lowest BCUT2D eigenvalue weighted by molar-refractivity contribution is -0.129. The summed E-state index contributed by atoms with van der Waals surface area (Å²) in [5, 5.41) is 0. The van der Waals surface area contributed by atoms with Gasteiger partial charge >= 0.3 is 0 Å². The van der Waals surface area contributed by atoms with E-state index < -0.39 is 6.10 Å². The summed E-state index contributed by atoms with van der Waals surface area (Å²) >= 11 is 3.36. The summed E-state index contributed by atoms with van der Waals surface area (Å²) in [5.74, 6) is -0.142. The highest BCUT2D eigenvalue weighted by Crippen LogP contribution is 2.18. The number of nitrogens with one attached hydrogen (secondary N) is 2. The van der Waals surface area contributed by atoms with E-state index in [0.29, 0.717) is 17.7 Å². The molecule has 2 aromatic carbocycles. The van der Waals surface area contributed by atoms with E-state index in [1.54, 1.807) is 24.3 Å². The molecule has 2 N–H and O–H groups in total. The Morgan fingerprint density at radius 2 is 1.65 bits per heavy atom. The minimum atomic E-state index is -0.677. The molecular formula is C20H23BrN2O3. The molecule has 0 spiro atoms. The monoisotopic (exact) mass is 418 g/mol. The van der Waals surface area contributed by atoms with Gasteiger partial charge in [0, 0.05) is 10.0 Å². The Kier molecular flexibility index (Phi) is 7.66. The highest BCUT2D eigenvalue weighted by Gasteiger charge is 2.20. The van der Waals surface area contributed by atoms with Crippen molar-refractivity contribution in [3.05, 3.63) is 64.1 Å². The number of rotatable bonds is 7. The predicted octanol–water partition coefficient (Wildman–Crippen LogP) is 4.02. The lowest BCUT2D eigenvalue weighted by atomic mass is 10.1. The van der Waals surface area contributed by atoms with E-state index >= 15 is 0 Å². The smallest absolute Gasteiger partial charge is 0.279 e. The molecule has 2 aromatic rings. The summed E-state index contributed by atoms with van der Waals surface area (Å²) in [5.41, 5.74) is 6.54. The van der Waals surface area contributed by atoms with Crippen molar-refractivity contribution in [2.75, 3.05) is 0 Å². The second-order valence-electron chi connectivity index (χ2n) is 5.84. The summed E-state index contributed by atoms with van der Waals surface area (Å²) in [6.07, 6.45) is 1.55. The van der Waals surface area contributed by atoms with Crippen LogP contribution >= 0.6 is 15.9 Å². The fourth-order valence-electron chi connectivity index (χ4n) is 2.35. The standard InChI is InChI=1S/C20H23BrN2O3/c1-3-5-18(26-17-12-10-16(21)11-13-17)20(25)23-22-19(24)15-8-6-14(4-2)7-9-15/h6-13,18H,3-5H2,1-2H3,(H,22,24)(H,23,25). The van der Waals surface area contributed by atoms with Gasteiger partial charge in [0.2, 0.25) is 0 Å². The van der Waals surface area contributed by atoms with Crippen molar-refractivity contribution in [2.24, 2.45) is 0 Å². The molecule has 0 saturated heterocycles. The zero-order valence-electron chi connectivity index (χ0n) is 14.9. The van der Waals surface area contributed by atoms with E-state index in [2.05, 4.69) is 33.7 Å². The van der Waals surface area contributed by atoms with Crippen molar-refractivity contribution in [2.45, 2.75) is 39.2 Å². The van der Waals surface area contributed by atoms with Gasteiger partial charge in [0.25, 0.3) is 11.8 Å². The number of hydrazine groups is 1. The molecule has 0 radical (unpaired) electrons. The number of aryl methyl sites for hydroxylation is 1. The topological polar surface area (TPSA) is 67.4 Å². The Morgan fingerprint density at radius 1 is 1.00 bits per heavy atom. The largest absolute Gasteiger partial charge is 0.481 e. The van der Waals surface area contributed by atoms with Crippen molar-refractivity contribution >= 4 is 27.7 Å². The first kappa shape index (κ1) is 20.0. The van der Waals surface area contributed by atoms with Crippen LogP contribution in [0.5, 0.6) is 5.75 Å². The predicted molar refractivity (Wildman–Crippen MR) is 105 cm³/mol. The fraction of sp³-hybridized carbons (Fsp3) is 0.300. The molecule has 26 heavy (non-hydrogen) atoms. The van der Waals surface area contributed by atoms with E-state index in [1.807, 2.05) is 31.2 Å². The van der Waals surface area contributed by atoms with Crippen LogP contribution in [-0.4, -0.2) is 17.9 Å². The maximum Gasteiger partial charge on any atom is 0.279 e. The van der Waals surface area contributed by atoms with Crippen molar-refractivity contribution in [1.29, 1.82) is 0 Å². The molecule has 0 aromatic heterocycles. The number of benzene rings is 2. The first-order chi connectivity index (χ1) is 12.5. The lowest BCUT2D eigenvalue weighted by Gasteiger charge is -2.18. The highest BCUT2D eigenvalue weighted by atomic mass is 79.9. The molecule has 0 aliphatic rings. The SMILES string of the molecule is CCCC(Oc1ccc(Br)cc1)C(=O)NNC(=O)c1ccc(CC)cc1. The Balaban J connectivity index is 1.93. The van der Waals surface area contributed by atoms with Gasteiger partial charge in [-0.1, -0.05) is 48.3 Å². The molecule has 5 nitrogen and oxygen atoms in total. The Labute approximate surface area is 162 Å². The molecule has 138 valence electrons. The fourth-order valence-corrected chi connectivity index (χ4v) is 2.61. The van der Waals surface area contributed by atoms with Crippen molar-refractivity contribution < 1.29 is 14.3 Å². The highest BCUT2D eigenvalue weighted by molar-refractivity contribution is 9.10. The van der Waals surface area contributed by atoms with E-state index in [-0.39, 0.29) is 11.8 Å². The van der Waals surface area contributed by atoms with Crippen LogP contribution in [0.25, 0.3) is 0 Å². The number of carbonyl (C=O) groups excluding carboxylic acids is 2. The number of hydrogen-bond donors (Lipinski definition) is 2. The second kappa shape index (κ2) is 9.97. The molecule has 1 unspecified atom stereocenters. The maximum atomic E-state index is 12.4. The number of carbonyl (C=O) groups is 2. The third kappa shape index (κ3) is 5.88. The number of hydrogen-bond acceptors (Lipinski definition) is 3. The van der Waals surface area contributed by atoms with E-state index in [9.17, 15) is 9.59 Å². The second-order valence-corrected chi connectivity index (χ2v) is 6.76. The van der Waals surface area contributed by atoms with Crippen molar-refractivity contribution in [1.82, 2.24) is 10.9 Å². The number of halogens is 1. The van der Waals surface area contributed by atoms with Crippen molar-refractivity contribution in [3.8, 4) is 5.75 Å². The molecule has 1 atom stereocenters. The quantitative estimate of drug-likeness (QED) is 0.667. The van der Waals surface area contributed by atoms with Crippen LogP contribution in [0, 0.1) is 0 Å². The number of amides is 2. The molecule has 0 saturated carbocycles. The minimum absolute atomic E-state index is 0.361. The van der Waals surface area contributed by atoms with Crippen molar-refractivity contribution in [3.63, 3.8) is 0 Å². The average Bonchev–Trinajstić information content (AvgIpc) is 2.67. The van der Waals surface area contributed by atoms with Gasteiger partial charge in [-0.05, 0) is 54.8 Å². The Morgan fingerprint density at radius 3 is 2.23 bits per heavy atom. The molecule has 0 heterocycles. The molecule has 0 bridgehead atoms. The van der Waals surface area contributed by atoms with Gasteiger partial charge in [-0.15, -0.1) is 0 Å². The van der Waals surface area contributed by atoms with E-state index in [4.69, 9.17) is 4.74 Å². The van der Waals surface area contributed by atoms with Crippen LogP contribution in [0.4, 0.5) is 0 Å². The molecule has 2 rings (SSSR count). The Bertz CT molecular complexity index is 730. The van der Waals surface area contributed by atoms with Crippen LogP contribution < -0.4 is 15.6 Å². The summed E-state index contributed by atoms with van der Waals surface area (Å²) in [6, 6.07) is 14.5. The molecule has 6 heteroatoms. The summed E-state index contributed by atoms with van der Waals surface area (Å²) in [7, 11) is 0.